The van der Waals surface area contributed by atoms with Gasteiger partial charge in [0.2, 0.25) is 0 Å². The summed E-state index contributed by atoms with van der Waals surface area (Å²) < 4.78 is 28.1. The first kappa shape index (κ1) is 20.9. The molecule has 0 saturated carbocycles. The van der Waals surface area contributed by atoms with Crippen molar-refractivity contribution in [2.24, 2.45) is 0 Å². The van der Waals surface area contributed by atoms with E-state index in [4.69, 9.17) is 23.2 Å². The number of anilines is 2. The quantitative estimate of drug-likeness (QED) is 0.565. The van der Waals surface area contributed by atoms with E-state index in [1.165, 1.54) is 12.1 Å². The Morgan fingerprint density at radius 3 is 2.63 bits per heavy atom. The Balaban J connectivity index is 1.64. The standard InChI is InChI=1S/C20H15Cl2FN4O2S/c21-13-7-12(19-24-3-1-4-25-19)8-14(9-13)26-20(28)16-10-15(11-17(23)18(16)22)27-5-2-6-30(27)29/h1,3-4,7-11H,2,5-6H2,(H,26,28). The van der Waals surface area contributed by atoms with Crippen molar-refractivity contribution in [2.45, 2.75) is 6.42 Å². The van der Waals surface area contributed by atoms with Gasteiger partial charge in [0.25, 0.3) is 5.91 Å². The van der Waals surface area contributed by atoms with Gasteiger partial charge in [-0.3, -0.25) is 4.79 Å². The predicted molar refractivity (Wildman–Crippen MR) is 117 cm³/mol. The van der Waals surface area contributed by atoms with Crippen molar-refractivity contribution in [3.05, 3.63) is 70.2 Å². The molecule has 1 amide bonds. The molecule has 3 aromatic rings. The minimum Gasteiger partial charge on any atom is -0.593 e. The summed E-state index contributed by atoms with van der Waals surface area (Å²) in [6.07, 6.45) is 3.92. The van der Waals surface area contributed by atoms with Crippen LogP contribution in [0.15, 0.2) is 48.8 Å². The van der Waals surface area contributed by atoms with Crippen molar-refractivity contribution in [3.63, 3.8) is 0 Å². The van der Waals surface area contributed by atoms with Gasteiger partial charge in [0.15, 0.2) is 5.82 Å². The first-order valence-corrected chi connectivity index (χ1v) is 11.0. The smallest absolute Gasteiger partial charge is 0.257 e. The topological polar surface area (TPSA) is 81.2 Å². The molecule has 0 bridgehead atoms. The van der Waals surface area contributed by atoms with Gasteiger partial charge in [-0.1, -0.05) is 23.2 Å². The number of nitrogens with zero attached hydrogens (tertiary/aromatic N) is 3. The number of rotatable bonds is 4. The van der Waals surface area contributed by atoms with Crippen LogP contribution in [-0.2, 0) is 11.4 Å². The maximum atomic E-state index is 14.4. The van der Waals surface area contributed by atoms with E-state index in [0.29, 0.717) is 40.1 Å². The van der Waals surface area contributed by atoms with Crippen LogP contribution in [0.25, 0.3) is 11.4 Å². The second-order valence-corrected chi connectivity index (χ2v) is 8.83. The van der Waals surface area contributed by atoms with Crippen LogP contribution >= 0.6 is 23.2 Å². The maximum Gasteiger partial charge on any atom is 0.257 e. The highest BCUT2D eigenvalue weighted by Crippen LogP contribution is 2.32. The lowest BCUT2D eigenvalue weighted by Crippen LogP contribution is -2.26. The van der Waals surface area contributed by atoms with Crippen LogP contribution in [0.3, 0.4) is 0 Å². The van der Waals surface area contributed by atoms with Gasteiger partial charge in [0.05, 0.1) is 34.2 Å². The largest absolute Gasteiger partial charge is 0.593 e. The third-order valence-corrected chi connectivity index (χ3v) is 6.58. The lowest BCUT2D eigenvalue weighted by Gasteiger charge is -2.20. The van der Waals surface area contributed by atoms with Gasteiger partial charge in [0, 0.05) is 41.2 Å². The first-order valence-electron chi connectivity index (χ1n) is 8.97. The summed E-state index contributed by atoms with van der Waals surface area (Å²) in [7, 11) is 0. The minimum absolute atomic E-state index is 0.0620. The zero-order valence-electron chi connectivity index (χ0n) is 15.4. The first-order chi connectivity index (χ1) is 14.4. The monoisotopic (exact) mass is 464 g/mol. The number of amides is 1. The second kappa shape index (κ2) is 8.77. The van der Waals surface area contributed by atoms with Crippen LogP contribution < -0.4 is 9.62 Å². The number of nitrogens with one attached hydrogen (secondary N) is 1. The van der Waals surface area contributed by atoms with E-state index >= 15 is 0 Å². The zero-order valence-corrected chi connectivity index (χ0v) is 17.8. The molecule has 6 nitrogen and oxygen atoms in total. The third-order valence-electron chi connectivity index (χ3n) is 4.45. The predicted octanol–water partition coefficient (Wildman–Crippen LogP) is 4.72. The van der Waals surface area contributed by atoms with Crippen molar-refractivity contribution >= 4 is 51.8 Å². The number of benzene rings is 2. The Labute approximate surface area is 185 Å². The molecule has 10 heteroatoms. The Kier molecular flexibility index (Phi) is 6.10. The number of aromatic nitrogens is 2. The average Bonchev–Trinajstić information content (AvgIpc) is 3.16. The highest BCUT2D eigenvalue weighted by atomic mass is 35.5. The average molecular weight is 465 g/mol. The van der Waals surface area contributed by atoms with Crippen LogP contribution in [0, 0.1) is 5.82 Å². The molecule has 0 aliphatic carbocycles. The van der Waals surface area contributed by atoms with Crippen LogP contribution in [0.1, 0.15) is 16.8 Å². The van der Waals surface area contributed by atoms with E-state index in [-0.39, 0.29) is 10.6 Å². The van der Waals surface area contributed by atoms with Crippen LogP contribution in [-0.4, -0.2) is 32.7 Å². The number of hydrogen-bond donors (Lipinski definition) is 1. The van der Waals surface area contributed by atoms with Gasteiger partial charge >= 0.3 is 0 Å². The molecule has 154 valence electrons. The van der Waals surface area contributed by atoms with Gasteiger partial charge in [-0.2, -0.15) is 4.31 Å². The van der Waals surface area contributed by atoms with E-state index in [1.807, 2.05) is 0 Å². The van der Waals surface area contributed by atoms with E-state index in [2.05, 4.69) is 15.3 Å². The van der Waals surface area contributed by atoms with Crippen molar-refractivity contribution in [1.82, 2.24) is 9.97 Å². The summed E-state index contributed by atoms with van der Waals surface area (Å²) in [4.78, 5) is 21.2. The minimum atomic E-state index is -1.25. The SMILES string of the molecule is O=C(Nc1cc(Cl)cc(-c2ncccn2)c1)c1cc(N2CCC[S+]2[O-])cc(F)c1Cl. The molecule has 0 radical (unpaired) electrons. The summed E-state index contributed by atoms with van der Waals surface area (Å²) in [6.45, 7) is 0.517. The third kappa shape index (κ3) is 4.37. The molecule has 2 aromatic carbocycles. The van der Waals surface area contributed by atoms with Crippen LogP contribution in [0.2, 0.25) is 10.0 Å². The summed E-state index contributed by atoms with van der Waals surface area (Å²) in [6, 6.07) is 9.19. The molecule has 1 unspecified atom stereocenters. The Morgan fingerprint density at radius 1 is 1.17 bits per heavy atom. The number of halogens is 3. The van der Waals surface area contributed by atoms with Crippen LogP contribution in [0.4, 0.5) is 15.8 Å². The molecule has 1 aliphatic rings. The molecule has 1 aromatic heterocycles. The molecule has 0 spiro atoms. The van der Waals surface area contributed by atoms with Crippen molar-refractivity contribution < 1.29 is 13.7 Å². The Morgan fingerprint density at radius 2 is 1.93 bits per heavy atom. The van der Waals surface area contributed by atoms with Crippen molar-refractivity contribution in [2.75, 3.05) is 21.9 Å². The molecule has 1 atom stereocenters. The summed E-state index contributed by atoms with van der Waals surface area (Å²) in [5.41, 5.74) is 1.27. The maximum absolute atomic E-state index is 14.4. The molecule has 1 saturated heterocycles. The fourth-order valence-corrected chi connectivity index (χ4v) is 4.81. The molecule has 1 fully saturated rings. The molecular weight excluding hydrogens is 450 g/mol. The lowest BCUT2D eigenvalue weighted by molar-refractivity contribution is 0.102. The fourth-order valence-electron chi connectivity index (χ4n) is 3.11. The van der Waals surface area contributed by atoms with Gasteiger partial charge in [-0.15, -0.1) is 0 Å². The number of hydrogen-bond acceptors (Lipinski definition) is 5. The lowest BCUT2D eigenvalue weighted by atomic mass is 10.1. The normalized spacial score (nSPS) is 16.0. The highest BCUT2D eigenvalue weighted by molar-refractivity contribution is 7.93. The van der Waals surface area contributed by atoms with E-state index in [0.717, 1.165) is 6.42 Å². The Hall–Kier alpha value is -2.39. The summed E-state index contributed by atoms with van der Waals surface area (Å²) >= 11 is 11.0. The molecular formula is C20H15Cl2FN4O2S. The van der Waals surface area contributed by atoms with Gasteiger partial charge in [-0.25, -0.2) is 14.4 Å². The summed E-state index contributed by atoms with van der Waals surface area (Å²) in [5.74, 6) is -0.433. The van der Waals surface area contributed by atoms with E-state index in [1.54, 1.807) is 41.0 Å². The number of carbonyl (C=O) groups is 1. The number of carbonyl (C=O) groups excluding carboxylic acids is 1. The molecule has 4 rings (SSSR count). The van der Waals surface area contributed by atoms with Crippen LogP contribution in [0.5, 0.6) is 0 Å². The highest BCUT2D eigenvalue weighted by Gasteiger charge is 2.29. The molecule has 2 heterocycles. The summed E-state index contributed by atoms with van der Waals surface area (Å²) in [5, 5.41) is 2.74. The van der Waals surface area contributed by atoms with Gasteiger partial charge < -0.3 is 9.87 Å². The molecule has 1 N–H and O–H groups in total. The van der Waals surface area contributed by atoms with E-state index < -0.39 is 23.1 Å². The zero-order chi connectivity index (χ0) is 21.3. The second-order valence-electron chi connectivity index (χ2n) is 6.53. The van der Waals surface area contributed by atoms with Gasteiger partial charge in [-0.05, 0) is 30.3 Å². The molecule has 1 aliphatic heterocycles. The van der Waals surface area contributed by atoms with Crippen molar-refractivity contribution in [3.8, 4) is 11.4 Å². The Bertz CT molecular complexity index is 1100. The van der Waals surface area contributed by atoms with Gasteiger partial charge in [0.1, 0.15) is 11.6 Å². The fraction of sp³-hybridized carbons (Fsp3) is 0.150. The van der Waals surface area contributed by atoms with E-state index in [9.17, 15) is 13.7 Å². The van der Waals surface area contributed by atoms with Crippen molar-refractivity contribution in [1.29, 1.82) is 0 Å². The molecule has 30 heavy (non-hydrogen) atoms.